The van der Waals surface area contributed by atoms with Crippen molar-refractivity contribution in [3.05, 3.63) is 77.2 Å². The molecule has 3 rings (SSSR count). The minimum absolute atomic E-state index is 0.0305. The van der Waals surface area contributed by atoms with Crippen molar-refractivity contribution in [2.75, 3.05) is 7.11 Å². The van der Waals surface area contributed by atoms with Gasteiger partial charge in [0.15, 0.2) is 0 Å². The Morgan fingerprint density at radius 3 is 2.54 bits per heavy atom. The molecule has 1 unspecified atom stereocenters. The van der Waals surface area contributed by atoms with Crippen LogP contribution in [0.1, 0.15) is 34.4 Å². The van der Waals surface area contributed by atoms with Crippen LogP contribution in [-0.4, -0.2) is 29.0 Å². The topological polar surface area (TPSA) is 64.1 Å². The molecule has 0 aliphatic carbocycles. The fourth-order valence-electron chi connectivity index (χ4n) is 3.11. The van der Waals surface area contributed by atoms with Crippen molar-refractivity contribution in [3.63, 3.8) is 0 Å². The molecule has 0 saturated heterocycles. The van der Waals surface area contributed by atoms with Crippen LogP contribution in [0.2, 0.25) is 0 Å². The number of rotatable bonds is 6. The van der Waals surface area contributed by atoms with Gasteiger partial charge in [0, 0.05) is 40.7 Å². The summed E-state index contributed by atoms with van der Waals surface area (Å²) < 4.78 is 5.43. The van der Waals surface area contributed by atoms with Gasteiger partial charge in [-0.25, -0.2) is 4.98 Å². The highest BCUT2D eigenvalue weighted by Crippen LogP contribution is 2.28. The van der Waals surface area contributed by atoms with Crippen molar-refractivity contribution < 1.29 is 9.53 Å². The summed E-state index contributed by atoms with van der Waals surface area (Å²) in [5.74, 6) is 0.565. The molecule has 3 aromatic rings. The first-order valence-electron chi connectivity index (χ1n) is 9.31. The Labute approximate surface area is 165 Å². The molecule has 2 heterocycles. The van der Waals surface area contributed by atoms with E-state index < -0.39 is 0 Å². The molecular weight excluding hydrogens is 350 g/mol. The number of hydrogen-bond donors (Lipinski definition) is 1. The number of pyridine rings is 2. The van der Waals surface area contributed by atoms with Gasteiger partial charge < -0.3 is 10.1 Å². The van der Waals surface area contributed by atoms with Crippen molar-refractivity contribution in [1.82, 2.24) is 15.3 Å². The van der Waals surface area contributed by atoms with E-state index in [1.165, 1.54) is 0 Å². The summed E-state index contributed by atoms with van der Waals surface area (Å²) in [6.07, 6.45) is 0.681. The second-order valence-electron chi connectivity index (χ2n) is 6.93. The van der Waals surface area contributed by atoms with Crippen LogP contribution in [0.4, 0.5) is 0 Å². The first kappa shape index (κ1) is 19.5. The van der Waals surface area contributed by atoms with E-state index in [9.17, 15) is 4.79 Å². The minimum atomic E-state index is -0.117. The fourth-order valence-corrected chi connectivity index (χ4v) is 3.11. The monoisotopic (exact) mass is 375 g/mol. The van der Waals surface area contributed by atoms with Crippen molar-refractivity contribution in [2.24, 2.45) is 0 Å². The Morgan fingerprint density at radius 1 is 1.04 bits per heavy atom. The zero-order chi connectivity index (χ0) is 20.1. The molecule has 1 N–H and O–H groups in total. The van der Waals surface area contributed by atoms with Crippen LogP contribution in [0, 0.1) is 13.8 Å². The van der Waals surface area contributed by atoms with E-state index in [0.717, 1.165) is 28.3 Å². The Balaban J connectivity index is 1.76. The average Bonchev–Trinajstić information content (AvgIpc) is 2.68. The van der Waals surface area contributed by atoms with Gasteiger partial charge in [0.2, 0.25) is 0 Å². The van der Waals surface area contributed by atoms with Crippen LogP contribution in [0.3, 0.4) is 0 Å². The van der Waals surface area contributed by atoms with Crippen molar-refractivity contribution in [1.29, 1.82) is 0 Å². The van der Waals surface area contributed by atoms with E-state index in [-0.39, 0.29) is 11.9 Å². The number of amides is 1. The predicted octanol–water partition coefficient (Wildman–Crippen LogP) is 4.13. The molecule has 1 aromatic carbocycles. The molecule has 0 aliphatic heterocycles. The molecule has 28 heavy (non-hydrogen) atoms. The summed E-state index contributed by atoms with van der Waals surface area (Å²) in [6, 6.07) is 17.1. The van der Waals surface area contributed by atoms with Crippen LogP contribution in [0.25, 0.3) is 11.3 Å². The van der Waals surface area contributed by atoms with E-state index in [2.05, 4.69) is 15.3 Å². The molecule has 5 nitrogen and oxygen atoms in total. The largest absolute Gasteiger partial charge is 0.494 e. The van der Waals surface area contributed by atoms with Gasteiger partial charge in [0.25, 0.3) is 5.91 Å². The Hall–Kier alpha value is -3.21. The molecule has 2 aromatic heterocycles. The fraction of sp³-hybridized carbons (Fsp3) is 0.261. The molecular formula is C23H25N3O2. The highest BCUT2D eigenvalue weighted by Gasteiger charge is 2.14. The van der Waals surface area contributed by atoms with Crippen LogP contribution in [0.15, 0.2) is 54.6 Å². The summed E-state index contributed by atoms with van der Waals surface area (Å²) in [5.41, 5.74) is 5.01. The van der Waals surface area contributed by atoms with E-state index in [1.807, 2.05) is 69.3 Å². The van der Waals surface area contributed by atoms with Crippen LogP contribution in [0.5, 0.6) is 5.75 Å². The maximum Gasteiger partial charge on any atom is 0.251 e. The molecule has 0 bridgehead atoms. The Bertz CT molecular complexity index is 985. The van der Waals surface area contributed by atoms with Crippen LogP contribution >= 0.6 is 0 Å². The van der Waals surface area contributed by atoms with E-state index in [1.54, 1.807) is 13.2 Å². The zero-order valence-corrected chi connectivity index (χ0v) is 16.7. The third-order valence-corrected chi connectivity index (χ3v) is 4.45. The lowest BCUT2D eigenvalue weighted by Gasteiger charge is -2.15. The van der Waals surface area contributed by atoms with Gasteiger partial charge in [0.05, 0.1) is 7.11 Å². The average molecular weight is 375 g/mol. The third kappa shape index (κ3) is 4.74. The van der Waals surface area contributed by atoms with Gasteiger partial charge >= 0.3 is 0 Å². The zero-order valence-electron chi connectivity index (χ0n) is 16.7. The summed E-state index contributed by atoms with van der Waals surface area (Å²) in [7, 11) is 1.62. The molecule has 0 spiro atoms. The van der Waals surface area contributed by atoms with Crippen LogP contribution in [-0.2, 0) is 6.42 Å². The van der Waals surface area contributed by atoms with Gasteiger partial charge in [0.1, 0.15) is 11.4 Å². The maximum atomic E-state index is 12.7. The summed E-state index contributed by atoms with van der Waals surface area (Å²) >= 11 is 0. The number of benzene rings is 1. The normalized spacial score (nSPS) is 11.7. The maximum absolute atomic E-state index is 12.7. The smallest absolute Gasteiger partial charge is 0.251 e. The van der Waals surface area contributed by atoms with Gasteiger partial charge in [-0.15, -0.1) is 0 Å². The Kier molecular flexibility index (Phi) is 6.04. The SMILES string of the molecule is COc1ccc(C)nc1-c1cccc(C(=O)NC(C)Cc2cccc(C)n2)c1. The number of aromatic nitrogens is 2. The number of hydrogen-bond acceptors (Lipinski definition) is 4. The molecule has 0 radical (unpaired) electrons. The lowest BCUT2D eigenvalue weighted by molar-refractivity contribution is 0.0940. The first-order chi connectivity index (χ1) is 13.5. The molecule has 144 valence electrons. The van der Waals surface area contributed by atoms with Gasteiger partial charge in [-0.2, -0.15) is 0 Å². The first-order valence-corrected chi connectivity index (χ1v) is 9.31. The number of carbonyl (C=O) groups is 1. The van der Waals surface area contributed by atoms with E-state index in [4.69, 9.17) is 4.74 Å². The minimum Gasteiger partial charge on any atom is -0.494 e. The third-order valence-electron chi connectivity index (χ3n) is 4.45. The molecule has 0 aliphatic rings. The van der Waals surface area contributed by atoms with Crippen molar-refractivity contribution in [2.45, 2.75) is 33.2 Å². The molecule has 5 heteroatoms. The number of aryl methyl sites for hydroxylation is 2. The second-order valence-corrected chi connectivity index (χ2v) is 6.93. The number of nitrogens with one attached hydrogen (secondary N) is 1. The molecule has 0 saturated carbocycles. The highest BCUT2D eigenvalue weighted by atomic mass is 16.5. The lowest BCUT2D eigenvalue weighted by Crippen LogP contribution is -2.34. The summed E-state index contributed by atoms with van der Waals surface area (Å²) in [5, 5.41) is 3.05. The van der Waals surface area contributed by atoms with Crippen molar-refractivity contribution in [3.8, 4) is 17.0 Å². The van der Waals surface area contributed by atoms with Crippen LogP contribution < -0.4 is 10.1 Å². The Morgan fingerprint density at radius 2 is 1.79 bits per heavy atom. The lowest BCUT2D eigenvalue weighted by atomic mass is 10.1. The van der Waals surface area contributed by atoms with Gasteiger partial charge in [-0.05, 0) is 57.2 Å². The quantitative estimate of drug-likeness (QED) is 0.704. The number of carbonyl (C=O) groups excluding carboxylic acids is 1. The van der Waals surface area contributed by atoms with Gasteiger partial charge in [-0.3, -0.25) is 9.78 Å². The summed E-state index contributed by atoms with van der Waals surface area (Å²) in [6.45, 7) is 5.88. The molecule has 1 amide bonds. The van der Waals surface area contributed by atoms with E-state index >= 15 is 0 Å². The molecule has 1 atom stereocenters. The number of nitrogens with zero attached hydrogens (tertiary/aromatic N) is 2. The van der Waals surface area contributed by atoms with Crippen molar-refractivity contribution >= 4 is 5.91 Å². The number of ether oxygens (including phenoxy) is 1. The van der Waals surface area contributed by atoms with Gasteiger partial charge in [-0.1, -0.05) is 18.2 Å². The number of methoxy groups -OCH3 is 1. The predicted molar refractivity (Wildman–Crippen MR) is 111 cm³/mol. The molecule has 0 fully saturated rings. The van der Waals surface area contributed by atoms with E-state index in [0.29, 0.717) is 17.7 Å². The highest BCUT2D eigenvalue weighted by molar-refractivity contribution is 5.95. The summed E-state index contributed by atoms with van der Waals surface area (Å²) in [4.78, 5) is 21.8. The second kappa shape index (κ2) is 8.65. The standard InChI is InChI=1S/C23H25N3O2/c1-15-7-5-10-20(24-15)13-17(3)26-23(27)19-9-6-8-18(14-19)22-21(28-4)12-11-16(2)25-22/h5-12,14,17H,13H2,1-4H3,(H,26,27).